The van der Waals surface area contributed by atoms with Crippen molar-refractivity contribution in [2.45, 2.75) is 6.10 Å². The van der Waals surface area contributed by atoms with Crippen LogP contribution in [0.25, 0.3) is 21.3 Å². The first-order valence-electron chi connectivity index (χ1n) is 8.93. The Kier molecular flexibility index (Phi) is 4.66. The summed E-state index contributed by atoms with van der Waals surface area (Å²) < 4.78 is 42.0. The van der Waals surface area contributed by atoms with Gasteiger partial charge in [0.25, 0.3) is 0 Å². The molecule has 5 rings (SSSR count). The monoisotopic (exact) mass is 423 g/mol. The molecule has 2 aliphatic heterocycles. The number of aromatic nitrogens is 2. The van der Waals surface area contributed by atoms with E-state index in [0.29, 0.717) is 48.8 Å². The third-order valence-corrected chi connectivity index (χ3v) is 6.48. The first-order chi connectivity index (χ1) is 13.6. The zero-order valence-electron chi connectivity index (χ0n) is 14.6. The van der Waals surface area contributed by atoms with Gasteiger partial charge in [0.1, 0.15) is 28.8 Å². The van der Waals surface area contributed by atoms with E-state index in [-0.39, 0.29) is 17.9 Å². The van der Waals surface area contributed by atoms with Crippen LogP contribution in [-0.2, 0) is 4.74 Å². The van der Waals surface area contributed by atoms with Gasteiger partial charge in [0.2, 0.25) is 5.88 Å². The van der Waals surface area contributed by atoms with Crippen molar-refractivity contribution < 1.29 is 18.3 Å². The van der Waals surface area contributed by atoms with Crippen molar-refractivity contribution >= 4 is 33.3 Å². The molecule has 0 spiro atoms. The Morgan fingerprint density at radius 2 is 1.93 bits per heavy atom. The Morgan fingerprint density at radius 1 is 1.14 bits per heavy atom. The fraction of sp³-hybridized carbons (Fsp3) is 0.368. The van der Waals surface area contributed by atoms with Crippen LogP contribution in [0.15, 0.2) is 29.9 Å². The van der Waals surface area contributed by atoms with Crippen LogP contribution >= 0.6 is 23.1 Å². The average Bonchev–Trinajstić information content (AvgIpc) is 3.07. The first kappa shape index (κ1) is 18.2. The first-order valence-corrected chi connectivity index (χ1v) is 10.1. The summed E-state index contributed by atoms with van der Waals surface area (Å²) in [6, 6.07) is 3.53. The smallest absolute Gasteiger partial charge is 0.235 e. The summed E-state index contributed by atoms with van der Waals surface area (Å²) in [6.07, 6.45) is 1.37. The quantitative estimate of drug-likeness (QED) is 0.593. The van der Waals surface area contributed by atoms with E-state index in [2.05, 4.69) is 9.97 Å². The Balaban J connectivity index is 1.51. The van der Waals surface area contributed by atoms with Crippen molar-refractivity contribution in [2.75, 3.05) is 26.3 Å². The number of thiophene rings is 1. The third kappa shape index (κ3) is 3.14. The van der Waals surface area contributed by atoms with Crippen LogP contribution in [0.3, 0.4) is 0 Å². The van der Waals surface area contributed by atoms with Crippen molar-refractivity contribution in [2.24, 2.45) is 11.8 Å². The predicted molar refractivity (Wildman–Crippen MR) is 102 cm³/mol. The molecule has 0 aliphatic carbocycles. The van der Waals surface area contributed by atoms with Gasteiger partial charge in [0.15, 0.2) is 0 Å². The molecule has 2 saturated heterocycles. The minimum Gasteiger partial charge on any atom is -0.472 e. The molecule has 2 bridgehead atoms. The van der Waals surface area contributed by atoms with E-state index in [0.717, 1.165) is 10.8 Å². The molecule has 2 atom stereocenters. The predicted octanol–water partition coefficient (Wildman–Crippen LogP) is 4.12. The van der Waals surface area contributed by atoms with Crippen molar-refractivity contribution in [3.8, 4) is 17.0 Å². The highest BCUT2D eigenvalue weighted by Crippen LogP contribution is 2.39. The maximum Gasteiger partial charge on any atom is 0.235 e. The number of hydrogen-bond acceptors (Lipinski definition) is 6. The van der Waals surface area contributed by atoms with E-state index in [9.17, 15) is 8.78 Å². The molecule has 146 valence electrons. The molecule has 9 heteroatoms. The van der Waals surface area contributed by atoms with E-state index in [1.54, 1.807) is 9.80 Å². The molecular formula is C19H16ClF2N3O2S. The molecule has 0 amide bonds. The van der Waals surface area contributed by atoms with Gasteiger partial charge in [-0.25, -0.2) is 23.2 Å². The lowest BCUT2D eigenvalue weighted by molar-refractivity contribution is -0.0990. The molecule has 0 radical (unpaired) electrons. The molecule has 1 aromatic carbocycles. The van der Waals surface area contributed by atoms with Gasteiger partial charge in [-0.05, 0) is 23.9 Å². The maximum absolute atomic E-state index is 14.3. The van der Waals surface area contributed by atoms with E-state index < -0.39 is 11.6 Å². The SMILES string of the molecule is Fc1ccc(-c2csc3c(OC4C5COCC4CN(Cl)C5)ncnc23)c(F)c1. The lowest BCUT2D eigenvalue weighted by Crippen LogP contribution is -2.55. The van der Waals surface area contributed by atoms with Crippen molar-refractivity contribution in [1.82, 2.24) is 14.4 Å². The summed E-state index contributed by atoms with van der Waals surface area (Å²) in [6.45, 7) is 2.56. The molecule has 4 heterocycles. The fourth-order valence-corrected chi connectivity index (χ4v) is 5.28. The van der Waals surface area contributed by atoms with Crippen molar-refractivity contribution in [1.29, 1.82) is 0 Å². The summed E-state index contributed by atoms with van der Waals surface area (Å²) in [5.74, 6) is -0.442. The van der Waals surface area contributed by atoms with Gasteiger partial charge < -0.3 is 9.47 Å². The average molecular weight is 424 g/mol. The molecule has 2 fully saturated rings. The van der Waals surface area contributed by atoms with Crippen LogP contribution < -0.4 is 4.74 Å². The second-order valence-corrected chi connectivity index (χ2v) is 8.46. The van der Waals surface area contributed by atoms with Crippen molar-refractivity contribution in [3.63, 3.8) is 0 Å². The van der Waals surface area contributed by atoms with Crippen LogP contribution in [0.1, 0.15) is 0 Å². The van der Waals surface area contributed by atoms with Crippen LogP contribution in [0.2, 0.25) is 0 Å². The van der Waals surface area contributed by atoms with Crippen molar-refractivity contribution in [3.05, 3.63) is 41.5 Å². The summed E-state index contributed by atoms with van der Waals surface area (Å²) in [5, 5.41) is 1.80. The molecule has 3 aromatic rings. The van der Waals surface area contributed by atoms with Gasteiger partial charge in [-0.15, -0.1) is 11.3 Å². The van der Waals surface area contributed by atoms with Crippen LogP contribution in [0.4, 0.5) is 8.78 Å². The summed E-state index contributed by atoms with van der Waals surface area (Å²) in [4.78, 5) is 8.65. The van der Waals surface area contributed by atoms with Gasteiger partial charge >= 0.3 is 0 Å². The van der Waals surface area contributed by atoms with Gasteiger partial charge in [-0.1, -0.05) is 0 Å². The Morgan fingerprint density at radius 3 is 2.68 bits per heavy atom. The van der Waals surface area contributed by atoms with E-state index in [1.807, 2.05) is 0 Å². The Bertz CT molecular complexity index is 1020. The minimum atomic E-state index is -0.623. The largest absolute Gasteiger partial charge is 0.472 e. The summed E-state index contributed by atoms with van der Waals surface area (Å²) in [7, 11) is 0. The minimum absolute atomic E-state index is 0.0463. The Labute approximate surface area is 169 Å². The highest BCUT2D eigenvalue weighted by Gasteiger charge is 2.42. The molecule has 2 unspecified atom stereocenters. The lowest BCUT2D eigenvalue weighted by atomic mass is 9.86. The van der Waals surface area contributed by atoms with Gasteiger partial charge in [-0.2, -0.15) is 0 Å². The standard InChI is InChI=1S/C19H16ClF2N3O2S/c20-25-4-10-6-26-7-11(5-25)17(10)27-19-18-16(23-9-24-19)14(8-28-18)13-2-1-12(21)3-15(13)22/h1-3,8-11,17H,4-7H2. The topological polar surface area (TPSA) is 47.5 Å². The molecule has 0 saturated carbocycles. The normalized spacial score (nSPS) is 25.2. The number of piperidine rings is 1. The highest BCUT2D eigenvalue weighted by atomic mass is 35.5. The zero-order valence-corrected chi connectivity index (χ0v) is 16.2. The number of rotatable bonds is 3. The van der Waals surface area contributed by atoms with Gasteiger partial charge in [0, 0.05) is 47.5 Å². The van der Waals surface area contributed by atoms with Crippen LogP contribution in [-0.4, -0.2) is 46.8 Å². The zero-order chi connectivity index (χ0) is 19.3. The summed E-state index contributed by atoms with van der Waals surface area (Å²) in [5.41, 5.74) is 1.50. The number of fused-ring (bicyclic) bond motifs is 3. The van der Waals surface area contributed by atoms with Gasteiger partial charge in [0.05, 0.1) is 18.7 Å². The molecule has 5 nitrogen and oxygen atoms in total. The van der Waals surface area contributed by atoms with E-state index in [4.69, 9.17) is 21.3 Å². The number of nitrogens with zero attached hydrogens (tertiary/aromatic N) is 3. The highest BCUT2D eigenvalue weighted by molar-refractivity contribution is 7.18. The fourth-order valence-electron chi connectivity index (χ4n) is 3.98. The molecule has 2 aliphatic rings. The van der Waals surface area contributed by atoms with E-state index >= 15 is 0 Å². The molecule has 2 aromatic heterocycles. The van der Waals surface area contributed by atoms with E-state index in [1.165, 1.54) is 29.8 Å². The van der Waals surface area contributed by atoms with Gasteiger partial charge in [-0.3, -0.25) is 0 Å². The number of hydrogen-bond donors (Lipinski definition) is 0. The molecular weight excluding hydrogens is 408 g/mol. The second kappa shape index (κ2) is 7.18. The number of benzene rings is 1. The Hall–Kier alpha value is -1.87. The number of ether oxygens (including phenoxy) is 2. The maximum atomic E-state index is 14.3. The third-order valence-electron chi connectivity index (χ3n) is 5.25. The number of halogens is 3. The second-order valence-electron chi connectivity index (χ2n) is 7.10. The van der Waals surface area contributed by atoms with Crippen LogP contribution in [0.5, 0.6) is 5.88 Å². The molecule has 28 heavy (non-hydrogen) atoms. The van der Waals surface area contributed by atoms with Crippen LogP contribution in [0, 0.1) is 23.5 Å². The molecule has 0 N–H and O–H groups in total. The lowest BCUT2D eigenvalue weighted by Gasteiger charge is -2.44. The summed E-state index contributed by atoms with van der Waals surface area (Å²) >= 11 is 7.60.